The van der Waals surface area contributed by atoms with Gasteiger partial charge in [-0.05, 0) is 31.0 Å². The van der Waals surface area contributed by atoms with Crippen molar-refractivity contribution in [3.05, 3.63) is 34.7 Å². The number of nitrogens with one attached hydrogen (secondary N) is 1. The number of amides is 2. The Morgan fingerprint density at radius 1 is 1.31 bits per heavy atom. The predicted octanol–water partition coefficient (Wildman–Crippen LogP) is 2.97. The van der Waals surface area contributed by atoms with Crippen LogP contribution in [0.25, 0.3) is 22.4 Å². The molecule has 0 radical (unpaired) electrons. The highest BCUT2D eigenvalue weighted by Crippen LogP contribution is 2.26. The molecule has 0 atom stereocenters. The summed E-state index contributed by atoms with van der Waals surface area (Å²) in [6.07, 6.45) is 3.52. The molecule has 8 nitrogen and oxygen atoms in total. The van der Waals surface area contributed by atoms with Gasteiger partial charge >= 0.3 is 12.0 Å². The van der Waals surface area contributed by atoms with Crippen LogP contribution in [0.15, 0.2) is 29.8 Å². The molecule has 10 heteroatoms. The molecular weight excluding hydrogens is 374 g/mol. The maximum absolute atomic E-state index is 12.1. The van der Waals surface area contributed by atoms with Gasteiger partial charge in [-0.1, -0.05) is 12.8 Å². The van der Waals surface area contributed by atoms with Gasteiger partial charge in [0.25, 0.3) is 0 Å². The monoisotopic (exact) mass is 387 g/mol. The Labute approximate surface area is 157 Å². The predicted molar refractivity (Wildman–Crippen MR) is 101 cm³/mol. The Morgan fingerprint density at radius 3 is 2.81 bits per heavy atom. The molecule has 2 amide bonds. The number of pyridine rings is 1. The minimum absolute atomic E-state index is 0.214. The Bertz CT molecular complexity index is 1020. The number of thiol groups is 1. The van der Waals surface area contributed by atoms with Gasteiger partial charge < -0.3 is 10.4 Å². The smallest absolute Gasteiger partial charge is 0.345 e. The van der Waals surface area contributed by atoms with Gasteiger partial charge in [0, 0.05) is 17.0 Å². The van der Waals surface area contributed by atoms with E-state index < -0.39 is 5.97 Å². The molecule has 3 aromatic rings. The van der Waals surface area contributed by atoms with E-state index in [4.69, 9.17) is 5.11 Å². The standard InChI is InChI=1S/C16H13N5O3S2/c22-15(23)12-5-8(7-26-12)11-6-17-10-3-4-13(20-14(10)19-11)21(25)16(24)18-9-1-2-9/h3-7,9,25H,1-2H2,(H,18,24)(H,22,23). The zero-order chi connectivity index (χ0) is 18.3. The number of fused-ring (bicyclic) bond motifs is 1. The van der Waals surface area contributed by atoms with Crippen molar-refractivity contribution in [2.45, 2.75) is 18.9 Å². The number of urea groups is 1. The molecule has 0 aromatic carbocycles. The third-order valence-electron chi connectivity index (χ3n) is 3.81. The molecule has 1 saturated carbocycles. The number of rotatable bonds is 4. The average Bonchev–Trinajstić information content (AvgIpc) is 3.31. The van der Waals surface area contributed by atoms with Crippen LogP contribution in [0.3, 0.4) is 0 Å². The van der Waals surface area contributed by atoms with Crippen LogP contribution in [0, 0.1) is 0 Å². The third kappa shape index (κ3) is 3.33. The van der Waals surface area contributed by atoms with Crippen LogP contribution >= 0.6 is 24.2 Å². The number of carboxylic acids is 1. The van der Waals surface area contributed by atoms with E-state index in [1.54, 1.807) is 29.8 Å². The summed E-state index contributed by atoms with van der Waals surface area (Å²) in [5.41, 5.74) is 2.08. The van der Waals surface area contributed by atoms with Gasteiger partial charge in [-0.15, -0.1) is 11.3 Å². The number of anilines is 1. The minimum Gasteiger partial charge on any atom is -0.477 e. The second-order valence-electron chi connectivity index (χ2n) is 5.81. The van der Waals surface area contributed by atoms with Gasteiger partial charge in [-0.2, -0.15) is 0 Å². The molecule has 0 saturated heterocycles. The number of hydrogen-bond donors (Lipinski definition) is 3. The van der Waals surface area contributed by atoms with Crippen molar-refractivity contribution >= 4 is 53.1 Å². The van der Waals surface area contributed by atoms with Crippen LogP contribution < -0.4 is 9.62 Å². The van der Waals surface area contributed by atoms with E-state index in [0.29, 0.717) is 28.2 Å². The average molecular weight is 387 g/mol. The van der Waals surface area contributed by atoms with Gasteiger partial charge in [-0.3, -0.25) is 4.98 Å². The quantitative estimate of drug-likeness (QED) is 0.594. The summed E-state index contributed by atoms with van der Waals surface area (Å²) in [6, 6.07) is 4.77. The van der Waals surface area contributed by atoms with Crippen molar-refractivity contribution < 1.29 is 14.7 Å². The second kappa shape index (κ2) is 6.54. The molecule has 26 heavy (non-hydrogen) atoms. The van der Waals surface area contributed by atoms with Crippen molar-refractivity contribution in [3.63, 3.8) is 0 Å². The van der Waals surface area contributed by atoms with E-state index >= 15 is 0 Å². The van der Waals surface area contributed by atoms with Crippen LogP contribution in [0.4, 0.5) is 10.6 Å². The zero-order valence-corrected chi connectivity index (χ0v) is 15.0. The lowest BCUT2D eigenvalue weighted by Gasteiger charge is -2.15. The molecular formula is C16H13N5O3S2. The highest BCUT2D eigenvalue weighted by Gasteiger charge is 2.26. The topological polar surface area (TPSA) is 108 Å². The Morgan fingerprint density at radius 2 is 2.12 bits per heavy atom. The molecule has 132 valence electrons. The molecule has 0 spiro atoms. The number of nitrogens with zero attached hydrogens (tertiary/aromatic N) is 4. The van der Waals surface area contributed by atoms with Crippen molar-refractivity contribution in [3.8, 4) is 11.3 Å². The highest BCUT2D eigenvalue weighted by atomic mass is 32.1. The van der Waals surface area contributed by atoms with E-state index in [9.17, 15) is 9.59 Å². The van der Waals surface area contributed by atoms with E-state index in [2.05, 4.69) is 33.1 Å². The van der Waals surface area contributed by atoms with Gasteiger partial charge in [0.05, 0.1) is 11.9 Å². The van der Waals surface area contributed by atoms with Crippen molar-refractivity contribution in [2.24, 2.45) is 0 Å². The van der Waals surface area contributed by atoms with Gasteiger partial charge in [-0.25, -0.2) is 23.9 Å². The first kappa shape index (κ1) is 16.7. The number of carboxylic acid groups (broad SMARTS) is 1. The van der Waals surface area contributed by atoms with E-state index in [-0.39, 0.29) is 17.0 Å². The Kier molecular flexibility index (Phi) is 4.21. The van der Waals surface area contributed by atoms with Gasteiger partial charge in [0.2, 0.25) is 0 Å². The van der Waals surface area contributed by atoms with Crippen LogP contribution in [-0.2, 0) is 0 Å². The summed E-state index contributed by atoms with van der Waals surface area (Å²) >= 11 is 5.33. The van der Waals surface area contributed by atoms with Crippen LogP contribution in [0.2, 0.25) is 0 Å². The summed E-state index contributed by atoms with van der Waals surface area (Å²) in [7, 11) is 0. The fourth-order valence-electron chi connectivity index (χ4n) is 2.29. The lowest BCUT2D eigenvalue weighted by Crippen LogP contribution is -2.35. The maximum Gasteiger partial charge on any atom is 0.345 e. The first-order valence-electron chi connectivity index (χ1n) is 7.77. The number of aromatic nitrogens is 3. The molecule has 3 heterocycles. The molecule has 0 aliphatic heterocycles. The summed E-state index contributed by atoms with van der Waals surface area (Å²) in [6.45, 7) is 0. The summed E-state index contributed by atoms with van der Waals surface area (Å²) < 4.78 is 1.14. The molecule has 4 rings (SSSR count). The SMILES string of the molecule is O=C(O)c1cc(-c2cnc3ccc(N(S)C(=O)NC4CC4)nc3n2)cs1. The van der Waals surface area contributed by atoms with Gasteiger partial charge in [0.1, 0.15) is 16.2 Å². The molecule has 0 bridgehead atoms. The normalized spacial score (nSPS) is 13.6. The first-order valence-corrected chi connectivity index (χ1v) is 9.05. The lowest BCUT2D eigenvalue weighted by molar-refractivity contribution is 0.0702. The molecule has 3 aromatic heterocycles. The molecule has 2 N–H and O–H groups in total. The molecule has 1 aliphatic carbocycles. The third-order valence-corrected chi connectivity index (χ3v) is 5.12. The number of thiophene rings is 1. The molecule has 1 fully saturated rings. The van der Waals surface area contributed by atoms with Crippen LogP contribution in [-0.4, -0.2) is 38.1 Å². The zero-order valence-electron chi connectivity index (χ0n) is 13.3. The Hall–Kier alpha value is -2.72. The van der Waals surface area contributed by atoms with Crippen LogP contribution in [0.5, 0.6) is 0 Å². The minimum atomic E-state index is -0.984. The lowest BCUT2D eigenvalue weighted by atomic mass is 10.2. The highest BCUT2D eigenvalue weighted by molar-refractivity contribution is 7.82. The van der Waals surface area contributed by atoms with Crippen molar-refractivity contribution in [1.82, 2.24) is 20.3 Å². The number of carbonyl (C=O) groups is 2. The Balaban J connectivity index is 1.65. The summed E-state index contributed by atoms with van der Waals surface area (Å²) in [4.78, 5) is 36.4. The van der Waals surface area contributed by atoms with Crippen LogP contribution in [0.1, 0.15) is 22.5 Å². The van der Waals surface area contributed by atoms with E-state index in [1.165, 1.54) is 0 Å². The maximum atomic E-state index is 12.1. The van der Waals surface area contributed by atoms with E-state index in [1.807, 2.05) is 0 Å². The molecule has 1 aliphatic rings. The number of hydrogen-bond acceptors (Lipinski definition) is 7. The van der Waals surface area contributed by atoms with Gasteiger partial charge in [0.15, 0.2) is 5.65 Å². The molecule has 0 unspecified atom stereocenters. The fourth-order valence-corrected chi connectivity index (χ4v) is 3.20. The first-order chi connectivity index (χ1) is 12.5. The number of aromatic carboxylic acids is 1. The largest absolute Gasteiger partial charge is 0.477 e. The van der Waals surface area contributed by atoms with Crippen molar-refractivity contribution in [1.29, 1.82) is 0 Å². The summed E-state index contributed by atoms with van der Waals surface area (Å²) in [5.74, 6) is -0.648. The number of carbonyl (C=O) groups excluding carboxylic acids is 1. The fraction of sp³-hybridized carbons (Fsp3) is 0.188. The second-order valence-corrected chi connectivity index (χ2v) is 7.12. The van der Waals surface area contributed by atoms with Crippen molar-refractivity contribution in [2.75, 3.05) is 4.31 Å². The van der Waals surface area contributed by atoms with E-state index in [0.717, 1.165) is 28.5 Å². The summed E-state index contributed by atoms with van der Waals surface area (Å²) in [5, 5.41) is 13.6.